The summed E-state index contributed by atoms with van der Waals surface area (Å²) in [6, 6.07) is 16.3. The molecule has 0 radical (unpaired) electrons. The van der Waals surface area contributed by atoms with E-state index in [1.807, 2.05) is 24.3 Å². The van der Waals surface area contributed by atoms with E-state index in [1.165, 1.54) is 11.1 Å². The smallest absolute Gasteiger partial charge is 0.258 e. The molecule has 2 heterocycles. The highest BCUT2D eigenvalue weighted by atomic mass is 35.5. The van der Waals surface area contributed by atoms with E-state index in [1.54, 1.807) is 0 Å². The van der Waals surface area contributed by atoms with Crippen LogP contribution >= 0.6 is 12.4 Å². The Hall–Kier alpha value is -2.04. The van der Waals surface area contributed by atoms with Gasteiger partial charge in [0, 0.05) is 25.6 Å². The zero-order valence-corrected chi connectivity index (χ0v) is 18.1. The number of carbonyl (C=O) groups is 1. The van der Waals surface area contributed by atoms with Gasteiger partial charge in [-0.25, -0.2) is 0 Å². The molecule has 1 N–H and O–H groups in total. The standard InChI is InChI=1S/C24H30N2O2.ClH/c1-3-4-13-28-22-12-8-7-11-20(22)24(27)26-16-18-14-25-15-21(18)23(26)19-10-6-5-9-17(19)2;/h5-12,18,21,23,25H,3-4,13-16H2,1-2H3;1H/t18-,21-,23-;/m0./s1. The van der Waals surface area contributed by atoms with Crippen LogP contribution in [0.15, 0.2) is 48.5 Å². The Balaban J connectivity index is 0.00000240. The molecule has 0 bridgehead atoms. The maximum atomic E-state index is 13.7. The van der Waals surface area contributed by atoms with Gasteiger partial charge in [-0.1, -0.05) is 49.7 Å². The van der Waals surface area contributed by atoms with E-state index in [9.17, 15) is 4.79 Å². The fraction of sp³-hybridized carbons (Fsp3) is 0.458. The molecule has 0 aliphatic carbocycles. The second-order valence-electron chi connectivity index (χ2n) is 8.04. The number of carbonyl (C=O) groups excluding carboxylic acids is 1. The molecule has 0 spiro atoms. The van der Waals surface area contributed by atoms with E-state index in [0.717, 1.165) is 32.5 Å². The highest BCUT2D eigenvalue weighted by molar-refractivity contribution is 5.97. The van der Waals surface area contributed by atoms with Crippen LogP contribution in [0.1, 0.15) is 47.3 Å². The van der Waals surface area contributed by atoms with Crippen molar-refractivity contribution in [3.63, 3.8) is 0 Å². The van der Waals surface area contributed by atoms with Crippen molar-refractivity contribution >= 4 is 18.3 Å². The molecule has 4 rings (SSSR count). The van der Waals surface area contributed by atoms with E-state index in [0.29, 0.717) is 29.8 Å². The number of nitrogens with zero attached hydrogens (tertiary/aromatic N) is 1. The van der Waals surface area contributed by atoms with Gasteiger partial charge in [0.2, 0.25) is 0 Å². The van der Waals surface area contributed by atoms with Gasteiger partial charge in [0.25, 0.3) is 5.91 Å². The zero-order valence-electron chi connectivity index (χ0n) is 17.3. The van der Waals surface area contributed by atoms with Gasteiger partial charge in [0.1, 0.15) is 5.75 Å². The predicted molar refractivity (Wildman–Crippen MR) is 119 cm³/mol. The summed E-state index contributed by atoms with van der Waals surface area (Å²) in [7, 11) is 0. The van der Waals surface area contributed by atoms with Crippen molar-refractivity contribution in [2.45, 2.75) is 32.7 Å². The summed E-state index contributed by atoms with van der Waals surface area (Å²) in [4.78, 5) is 15.7. The maximum Gasteiger partial charge on any atom is 0.258 e. The van der Waals surface area contributed by atoms with Gasteiger partial charge in [-0.3, -0.25) is 4.79 Å². The Labute approximate surface area is 180 Å². The number of halogens is 1. The van der Waals surface area contributed by atoms with Crippen LogP contribution < -0.4 is 10.1 Å². The molecule has 2 aromatic carbocycles. The van der Waals surface area contributed by atoms with Crippen LogP contribution in [0.4, 0.5) is 0 Å². The second-order valence-corrected chi connectivity index (χ2v) is 8.04. The van der Waals surface area contributed by atoms with Crippen LogP contribution in [-0.4, -0.2) is 37.0 Å². The second kappa shape index (κ2) is 9.64. The summed E-state index contributed by atoms with van der Waals surface area (Å²) in [6.07, 6.45) is 2.07. The van der Waals surface area contributed by atoms with E-state index >= 15 is 0 Å². The first kappa shape index (κ1) is 21.7. The van der Waals surface area contributed by atoms with Crippen molar-refractivity contribution in [2.24, 2.45) is 11.8 Å². The van der Waals surface area contributed by atoms with E-state index < -0.39 is 0 Å². The van der Waals surface area contributed by atoms with E-state index in [2.05, 4.69) is 48.3 Å². The number of likely N-dealkylation sites (tertiary alicyclic amines) is 1. The molecule has 2 aromatic rings. The van der Waals surface area contributed by atoms with Gasteiger partial charge in [0.15, 0.2) is 0 Å². The summed E-state index contributed by atoms with van der Waals surface area (Å²) in [5, 5.41) is 3.53. The van der Waals surface area contributed by atoms with Crippen molar-refractivity contribution < 1.29 is 9.53 Å². The Morgan fingerprint density at radius 2 is 1.90 bits per heavy atom. The largest absolute Gasteiger partial charge is 0.493 e. The van der Waals surface area contributed by atoms with Crippen molar-refractivity contribution in [1.29, 1.82) is 0 Å². The fourth-order valence-electron chi connectivity index (χ4n) is 4.70. The number of amides is 1. The van der Waals surface area contributed by atoms with Crippen LogP contribution in [0, 0.1) is 18.8 Å². The lowest BCUT2D eigenvalue weighted by Gasteiger charge is -2.30. The van der Waals surface area contributed by atoms with Crippen LogP contribution in [0.25, 0.3) is 0 Å². The van der Waals surface area contributed by atoms with Crippen molar-refractivity contribution in [2.75, 3.05) is 26.2 Å². The molecule has 1 amide bonds. The first-order valence-corrected chi connectivity index (χ1v) is 10.5. The highest BCUT2D eigenvalue weighted by Gasteiger charge is 2.47. The monoisotopic (exact) mass is 414 g/mol. The third-order valence-corrected chi connectivity index (χ3v) is 6.21. The van der Waals surface area contributed by atoms with Gasteiger partial charge >= 0.3 is 0 Å². The third kappa shape index (κ3) is 4.29. The number of hydrogen-bond donors (Lipinski definition) is 1. The average Bonchev–Trinajstić information content (AvgIpc) is 3.30. The summed E-state index contributed by atoms with van der Waals surface area (Å²) in [6.45, 7) is 7.71. The number of para-hydroxylation sites is 1. The first-order valence-electron chi connectivity index (χ1n) is 10.5. The number of ether oxygens (including phenoxy) is 1. The normalized spacial score (nSPS) is 22.8. The zero-order chi connectivity index (χ0) is 19.5. The Kier molecular flexibility index (Phi) is 7.20. The van der Waals surface area contributed by atoms with Crippen LogP contribution in [0.2, 0.25) is 0 Å². The Bertz CT molecular complexity index is 841. The van der Waals surface area contributed by atoms with Crippen molar-refractivity contribution in [3.8, 4) is 5.75 Å². The van der Waals surface area contributed by atoms with Gasteiger partial charge in [-0.2, -0.15) is 0 Å². The van der Waals surface area contributed by atoms with E-state index in [-0.39, 0.29) is 24.4 Å². The van der Waals surface area contributed by atoms with Gasteiger partial charge in [0.05, 0.1) is 18.2 Å². The maximum absolute atomic E-state index is 13.7. The molecular formula is C24H31ClN2O2. The molecule has 2 fully saturated rings. The number of unbranched alkanes of at least 4 members (excludes halogenated alkanes) is 1. The van der Waals surface area contributed by atoms with Crippen molar-refractivity contribution in [1.82, 2.24) is 10.2 Å². The predicted octanol–water partition coefficient (Wildman–Crippen LogP) is 4.63. The minimum Gasteiger partial charge on any atom is -0.493 e. The summed E-state index contributed by atoms with van der Waals surface area (Å²) in [5.74, 6) is 1.79. The molecule has 3 atom stereocenters. The molecule has 0 saturated carbocycles. The lowest BCUT2D eigenvalue weighted by Crippen LogP contribution is -2.35. The minimum atomic E-state index is 0. The van der Waals surface area contributed by atoms with E-state index in [4.69, 9.17) is 4.74 Å². The van der Waals surface area contributed by atoms with Gasteiger partial charge in [-0.05, 0) is 42.5 Å². The highest BCUT2D eigenvalue weighted by Crippen LogP contribution is 2.44. The average molecular weight is 415 g/mol. The van der Waals surface area contributed by atoms with Crippen molar-refractivity contribution in [3.05, 3.63) is 65.2 Å². The van der Waals surface area contributed by atoms with Gasteiger partial charge < -0.3 is 15.0 Å². The summed E-state index contributed by atoms with van der Waals surface area (Å²) in [5.41, 5.74) is 3.21. The van der Waals surface area contributed by atoms with Crippen LogP contribution in [0.5, 0.6) is 5.75 Å². The van der Waals surface area contributed by atoms with Crippen LogP contribution in [0.3, 0.4) is 0 Å². The number of fused-ring (bicyclic) bond motifs is 1. The molecule has 2 aliphatic rings. The molecular weight excluding hydrogens is 384 g/mol. The van der Waals surface area contributed by atoms with Crippen LogP contribution in [-0.2, 0) is 0 Å². The Morgan fingerprint density at radius 1 is 1.14 bits per heavy atom. The first-order chi connectivity index (χ1) is 13.7. The quantitative estimate of drug-likeness (QED) is 0.701. The topological polar surface area (TPSA) is 41.6 Å². The SMILES string of the molecule is CCCCOc1ccccc1C(=O)N1C[C@@H]2CNC[C@@H]2[C@@H]1c1ccccc1C.Cl. The molecule has 4 nitrogen and oxygen atoms in total. The molecule has 2 aliphatic heterocycles. The minimum absolute atomic E-state index is 0. The molecule has 2 saturated heterocycles. The number of hydrogen-bond acceptors (Lipinski definition) is 3. The summed E-state index contributed by atoms with van der Waals surface area (Å²) < 4.78 is 5.96. The number of nitrogens with one attached hydrogen (secondary N) is 1. The fourth-order valence-corrected chi connectivity index (χ4v) is 4.70. The molecule has 29 heavy (non-hydrogen) atoms. The summed E-state index contributed by atoms with van der Waals surface area (Å²) >= 11 is 0. The molecule has 5 heteroatoms. The third-order valence-electron chi connectivity index (χ3n) is 6.21. The molecule has 156 valence electrons. The Morgan fingerprint density at radius 3 is 2.69 bits per heavy atom. The van der Waals surface area contributed by atoms with Gasteiger partial charge in [-0.15, -0.1) is 12.4 Å². The number of benzene rings is 2. The molecule has 0 aromatic heterocycles. The lowest BCUT2D eigenvalue weighted by molar-refractivity contribution is 0.0709. The lowest BCUT2D eigenvalue weighted by atomic mass is 9.87. The number of aryl methyl sites for hydroxylation is 1. The number of rotatable bonds is 6. The molecule has 0 unspecified atom stereocenters.